The molecule has 136 valence electrons. The van der Waals surface area contributed by atoms with E-state index in [9.17, 15) is 14.7 Å². The van der Waals surface area contributed by atoms with Crippen LogP contribution in [0.5, 0.6) is 5.75 Å². The van der Waals surface area contributed by atoms with Crippen molar-refractivity contribution in [3.05, 3.63) is 59.7 Å². The van der Waals surface area contributed by atoms with Gasteiger partial charge in [0, 0.05) is 31.6 Å². The zero-order valence-electron chi connectivity index (χ0n) is 14.8. The molecule has 0 aromatic heterocycles. The van der Waals surface area contributed by atoms with Gasteiger partial charge in [-0.05, 0) is 48.6 Å². The molecule has 2 aromatic carbocycles. The molecule has 1 fully saturated rings. The Morgan fingerprint density at radius 2 is 1.96 bits per heavy atom. The van der Waals surface area contributed by atoms with Gasteiger partial charge in [-0.15, -0.1) is 0 Å². The highest BCUT2D eigenvalue weighted by Gasteiger charge is 2.19. The lowest BCUT2D eigenvalue weighted by Crippen LogP contribution is -2.35. The van der Waals surface area contributed by atoms with Gasteiger partial charge in [0.2, 0.25) is 11.8 Å². The van der Waals surface area contributed by atoms with E-state index < -0.39 is 0 Å². The summed E-state index contributed by atoms with van der Waals surface area (Å²) in [6.07, 6.45) is 3.41. The smallest absolute Gasteiger partial charge is 0.226 e. The summed E-state index contributed by atoms with van der Waals surface area (Å²) in [6.45, 7) is 1.19. The Labute approximate surface area is 153 Å². The number of carbonyl (C=O) groups is 2. The monoisotopic (exact) mass is 352 g/mol. The van der Waals surface area contributed by atoms with Crippen LogP contribution < -0.4 is 10.2 Å². The Morgan fingerprint density at radius 1 is 1.12 bits per heavy atom. The number of aromatic hydroxyl groups is 1. The van der Waals surface area contributed by atoms with Crippen molar-refractivity contribution in [2.45, 2.75) is 38.6 Å². The lowest BCUT2D eigenvalue weighted by atomic mass is 10.1. The number of para-hydroxylation sites is 1. The van der Waals surface area contributed by atoms with Crippen LogP contribution in [0.2, 0.25) is 0 Å². The summed E-state index contributed by atoms with van der Waals surface area (Å²) in [7, 11) is 0. The third kappa shape index (κ3) is 4.63. The van der Waals surface area contributed by atoms with Gasteiger partial charge in [-0.1, -0.05) is 30.3 Å². The van der Waals surface area contributed by atoms with Gasteiger partial charge < -0.3 is 15.3 Å². The summed E-state index contributed by atoms with van der Waals surface area (Å²) in [6, 6.07) is 14.8. The Hall–Kier alpha value is -2.82. The summed E-state index contributed by atoms with van der Waals surface area (Å²) >= 11 is 0. The molecule has 0 aliphatic carbocycles. The van der Waals surface area contributed by atoms with E-state index >= 15 is 0 Å². The number of amides is 2. The van der Waals surface area contributed by atoms with Crippen molar-refractivity contribution in [2.75, 3.05) is 11.4 Å². The van der Waals surface area contributed by atoms with Crippen molar-refractivity contribution in [3.63, 3.8) is 0 Å². The van der Waals surface area contributed by atoms with Crippen LogP contribution in [0.1, 0.15) is 36.8 Å². The van der Waals surface area contributed by atoms with Crippen LogP contribution in [0.4, 0.5) is 5.69 Å². The number of nitrogens with one attached hydrogen (secondary N) is 1. The number of phenols is 1. The molecule has 2 amide bonds. The van der Waals surface area contributed by atoms with Crippen molar-refractivity contribution < 1.29 is 14.7 Å². The lowest BCUT2D eigenvalue weighted by molar-refractivity contribution is -0.121. The number of piperidine rings is 1. The zero-order chi connectivity index (χ0) is 18.4. The molecule has 1 saturated heterocycles. The summed E-state index contributed by atoms with van der Waals surface area (Å²) in [5, 5.41) is 12.6. The van der Waals surface area contributed by atoms with Crippen LogP contribution in [0, 0.1) is 0 Å². The van der Waals surface area contributed by atoms with Gasteiger partial charge in [0.05, 0.1) is 0 Å². The maximum atomic E-state index is 12.1. The van der Waals surface area contributed by atoms with E-state index in [1.165, 1.54) is 0 Å². The standard InChI is InChI=1S/C21H24N2O3/c24-19-9-2-1-7-17(19)11-12-20(25)22-15-16-6-5-8-18(14-16)23-13-4-3-10-21(23)26/h1-2,5-9,14,24H,3-4,10-13,15H2,(H,22,25). The average Bonchev–Trinajstić information content (AvgIpc) is 2.66. The van der Waals surface area contributed by atoms with Crippen LogP contribution in [0.15, 0.2) is 48.5 Å². The van der Waals surface area contributed by atoms with E-state index in [4.69, 9.17) is 0 Å². The first-order valence-corrected chi connectivity index (χ1v) is 9.06. The van der Waals surface area contributed by atoms with Crippen LogP contribution in [0.3, 0.4) is 0 Å². The predicted octanol–water partition coefficient (Wildman–Crippen LogP) is 3.16. The van der Waals surface area contributed by atoms with Gasteiger partial charge in [0.15, 0.2) is 0 Å². The van der Waals surface area contributed by atoms with E-state index in [1.807, 2.05) is 41.3 Å². The zero-order valence-corrected chi connectivity index (χ0v) is 14.8. The normalized spacial score (nSPS) is 14.3. The molecule has 5 nitrogen and oxygen atoms in total. The number of rotatable bonds is 6. The second-order valence-electron chi connectivity index (χ2n) is 6.58. The largest absolute Gasteiger partial charge is 0.508 e. The first kappa shape index (κ1) is 18.0. The fraction of sp³-hybridized carbons (Fsp3) is 0.333. The summed E-state index contributed by atoms with van der Waals surface area (Å²) < 4.78 is 0. The lowest BCUT2D eigenvalue weighted by Gasteiger charge is -2.27. The molecule has 5 heteroatoms. The molecule has 0 bridgehead atoms. The molecule has 0 radical (unpaired) electrons. The SMILES string of the molecule is O=C(CCc1ccccc1O)NCc1cccc(N2CCCCC2=O)c1. The van der Waals surface area contributed by atoms with Gasteiger partial charge in [-0.25, -0.2) is 0 Å². The van der Waals surface area contributed by atoms with Gasteiger partial charge in [0.25, 0.3) is 0 Å². The van der Waals surface area contributed by atoms with Crippen LogP contribution in [-0.2, 0) is 22.6 Å². The number of phenolic OH excluding ortho intramolecular Hbond substituents is 1. The Bertz CT molecular complexity index is 788. The Morgan fingerprint density at radius 3 is 2.77 bits per heavy atom. The predicted molar refractivity (Wildman–Crippen MR) is 101 cm³/mol. The highest BCUT2D eigenvalue weighted by atomic mass is 16.3. The van der Waals surface area contributed by atoms with Crippen molar-refractivity contribution in [1.29, 1.82) is 0 Å². The van der Waals surface area contributed by atoms with Crippen LogP contribution in [-0.4, -0.2) is 23.5 Å². The number of aryl methyl sites for hydroxylation is 1. The molecule has 26 heavy (non-hydrogen) atoms. The van der Waals surface area contributed by atoms with Crippen molar-refractivity contribution >= 4 is 17.5 Å². The second-order valence-corrected chi connectivity index (χ2v) is 6.58. The molecule has 1 heterocycles. The number of nitrogens with zero attached hydrogens (tertiary/aromatic N) is 1. The minimum atomic E-state index is -0.0623. The first-order chi connectivity index (χ1) is 12.6. The molecule has 1 aliphatic heterocycles. The number of anilines is 1. The third-order valence-corrected chi connectivity index (χ3v) is 4.65. The molecule has 2 N–H and O–H groups in total. The van der Waals surface area contributed by atoms with Crippen molar-refractivity contribution in [1.82, 2.24) is 5.32 Å². The number of hydrogen-bond acceptors (Lipinski definition) is 3. The van der Waals surface area contributed by atoms with E-state index in [1.54, 1.807) is 12.1 Å². The molecule has 0 atom stereocenters. The average molecular weight is 352 g/mol. The third-order valence-electron chi connectivity index (χ3n) is 4.65. The molecule has 0 spiro atoms. The molecular weight excluding hydrogens is 328 g/mol. The minimum absolute atomic E-state index is 0.0623. The Balaban J connectivity index is 1.53. The van der Waals surface area contributed by atoms with E-state index in [0.29, 0.717) is 25.8 Å². The van der Waals surface area contributed by atoms with Gasteiger partial charge >= 0.3 is 0 Å². The quantitative estimate of drug-likeness (QED) is 0.839. The Kier molecular flexibility index (Phi) is 5.89. The number of carbonyl (C=O) groups excluding carboxylic acids is 2. The molecular formula is C21H24N2O3. The van der Waals surface area contributed by atoms with E-state index in [2.05, 4.69) is 5.32 Å². The fourth-order valence-electron chi connectivity index (χ4n) is 3.17. The minimum Gasteiger partial charge on any atom is -0.508 e. The summed E-state index contributed by atoms with van der Waals surface area (Å²) in [4.78, 5) is 26.0. The fourth-order valence-corrected chi connectivity index (χ4v) is 3.17. The highest BCUT2D eigenvalue weighted by molar-refractivity contribution is 5.94. The molecule has 3 rings (SSSR count). The molecule has 2 aromatic rings. The van der Waals surface area contributed by atoms with Crippen LogP contribution >= 0.6 is 0 Å². The second kappa shape index (κ2) is 8.52. The number of hydrogen-bond donors (Lipinski definition) is 2. The van der Waals surface area contributed by atoms with Gasteiger partial charge in [0.1, 0.15) is 5.75 Å². The van der Waals surface area contributed by atoms with Crippen molar-refractivity contribution in [3.8, 4) is 5.75 Å². The van der Waals surface area contributed by atoms with Crippen LogP contribution in [0.25, 0.3) is 0 Å². The van der Waals surface area contributed by atoms with Gasteiger partial charge in [-0.3, -0.25) is 9.59 Å². The summed E-state index contributed by atoms with van der Waals surface area (Å²) in [5.74, 6) is 0.326. The van der Waals surface area contributed by atoms with E-state index in [0.717, 1.165) is 36.2 Å². The summed E-state index contributed by atoms with van der Waals surface area (Å²) in [5.41, 5.74) is 2.64. The molecule has 0 unspecified atom stereocenters. The molecule has 1 aliphatic rings. The maximum absolute atomic E-state index is 12.1. The topological polar surface area (TPSA) is 69.6 Å². The first-order valence-electron chi connectivity index (χ1n) is 9.06. The highest BCUT2D eigenvalue weighted by Crippen LogP contribution is 2.22. The van der Waals surface area contributed by atoms with E-state index in [-0.39, 0.29) is 17.6 Å². The maximum Gasteiger partial charge on any atom is 0.226 e. The van der Waals surface area contributed by atoms with Crippen molar-refractivity contribution in [2.24, 2.45) is 0 Å². The molecule has 0 saturated carbocycles. The number of benzene rings is 2. The van der Waals surface area contributed by atoms with Gasteiger partial charge in [-0.2, -0.15) is 0 Å².